The van der Waals surface area contributed by atoms with E-state index in [2.05, 4.69) is 15.5 Å². The topological polar surface area (TPSA) is 107 Å². The minimum atomic E-state index is -0.433. The first-order valence-corrected chi connectivity index (χ1v) is 7.66. The quantitative estimate of drug-likeness (QED) is 0.584. The molecule has 0 saturated heterocycles. The van der Waals surface area contributed by atoms with Crippen LogP contribution in [0.2, 0.25) is 0 Å². The normalized spacial score (nSPS) is 10.1. The van der Waals surface area contributed by atoms with Crippen molar-refractivity contribution in [2.45, 2.75) is 4.34 Å². The van der Waals surface area contributed by atoms with Crippen LogP contribution in [0.5, 0.6) is 5.75 Å². The Morgan fingerprint density at radius 2 is 2.05 bits per heavy atom. The number of aromatic nitrogens is 2. The summed E-state index contributed by atoms with van der Waals surface area (Å²) in [6, 6.07) is 9.02. The molecular weight excluding hydrogens is 312 g/mol. The van der Waals surface area contributed by atoms with E-state index in [1.54, 1.807) is 12.1 Å². The van der Waals surface area contributed by atoms with Gasteiger partial charge in [0, 0.05) is 0 Å². The fourth-order valence-corrected chi connectivity index (χ4v) is 2.78. The number of nitrogens with two attached hydrogens (primary N) is 1. The molecule has 3 N–H and O–H groups in total. The molecule has 0 fully saturated rings. The molecule has 7 nitrogen and oxygen atoms in total. The van der Waals surface area contributed by atoms with E-state index in [9.17, 15) is 9.59 Å². The zero-order valence-corrected chi connectivity index (χ0v) is 12.4. The first kappa shape index (κ1) is 15.3. The molecule has 2 amide bonds. The Morgan fingerprint density at radius 3 is 2.76 bits per heavy atom. The number of para-hydroxylation sites is 1. The van der Waals surface area contributed by atoms with Crippen LogP contribution in [-0.2, 0) is 9.59 Å². The maximum absolute atomic E-state index is 11.7. The largest absolute Gasteiger partial charge is 0.484 e. The van der Waals surface area contributed by atoms with E-state index in [0.29, 0.717) is 15.2 Å². The number of nitrogens with one attached hydrogen (secondary N) is 1. The maximum atomic E-state index is 11.7. The van der Waals surface area contributed by atoms with Gasteiger partial charge in [0.25, 0.3) is 5.91 Å². The van der Waals surface area contributed by atoms with Crippen molar-refractivity contribution in [3.63, 3.8) is 0 Å². The van der Waals surface area contributed by atoms with Crippen molar-refractivity contribution in [2.24, 2.45) is 5.73 Å². The van der Waals surface area contributed by atoms with Crippen LogP contribution in [0.15, 0.2) is 34.7 Å². The van der Waals surface area contributed by atoms with Crippen molar-refractivity contribution >= 4 is 40.0 Å². The molecule has 110 valence electrons. The lowest BCUT2D eigenvalue weighted by molar-refractivity contribution is -0.118. The number of rotatable bonds is 7. The highest BCUT2D eigenvalue weighted by atomic mass is 32.2. The number of thioether (sulfide) groups is 1. The third kappa shape index (κ3) is 5.40. The Bertz CT molecular complexity index is 618. The molecule has 2 aromatic rings. The van der Waals surface area contributed by atoms with Gasteiger partial charge in [0.1, 0.15) is 5.75 Å². The van der Waals surface area contributed by atoms with Crippen molar-refractivity contribution < 1.29 is 14.3 Å². The molecule has 2 rings (SSSR count). The van der Waals surface area contributed by atoms with Crippen LogP contribution in [0.4, 0.5) is 5.13 Å². The minimum absolute atomic E-state index is 0.118. The number of hydrogen-bond donors (Lipinski definition) is 2. The summed E-state index contributed by atoms with van der Waals surface area (Å²) in [5.41, 5.74) is 5.03. The molecule has 0 aliphatic rings. The summed E-state index contributed by atoms with van der Waals surface area (Å²) in [5, 5.41) is 10.5. The molecule has 0 saturated carbocycles. The van der Waals surface area contributed by atoms with E-state index in [1.165, 1.54) is 23.1 Å². The molecular formula is C12H12N4O3S2. The van der Waals surface area contributed by atoms with Gasteiger partial charge in [0.15, 0.2) is 10.9 Å². The van der Waals surface area contributed by atoms with Crippen molar-refractivity contribution in [3.05, 3.63) is 30.3 Å². The van der Waals surface area contributed by atoms with E-state index in [0.717, 1.165) is 0 Å². The first-order chi connectivity index (χ1) is 10.1. The summed E-state index contributed by atoms with van der Waals surface area (Å²) < 4.78 is 5.87. The lowest BCUT2D eigenvalue weighted by Crippen LogP contribution is -2.20. The van der Waals surface area contributed by atoms with Gasteiger partial charge in [-0.05, 0) is 12.1 Å². The molecule has 1 aromatic heterocycles. The number of primary amides is 1. The fraction of sp³-hybridized carbons (Fsp3) is 0.167. The van der Waals surface area contributed by atoms with E-state index >= 15 is 0 Å². The molecule has 0 aliphatic carbocycles. The van der Waals surface area contributed by atoms with E-state index in [1.807, 2.05) is 18.2 Å². The van der Waals surface area contributed by atoms with Gasteiger partial charge >= 0.3 is 0 Å². The molecule has 0 bridgehead atoms. The SMILES string of the molecule is NC(=O)CSc1nnc(NC(=O)COc2ccccc2)s1. The molecule has 0 spiro atoms. The average Bonchev–Trinajstić information content (AvgIpc) is 2.91. The van der Waals surface area contributed by atoms with Crippen LogP contribution in [0.25, 0.3) is 0 Å². The smallest absolute Gasteiger partial charge is 0.264 e. The number of hydrogen-bond acceptors (Lipinski definition) is 7. The number of carbonyl (C=O) groups excluding carboxylic acids is 2. The average molecular weight is 324 g/mol. The third-order valence-corrected chi connectivity index (χ3v) is 4.10. The van der Waals surface area contributed by atoms with Gasteiger partial charge in [-0.1, -0.05) is 41.3 Å². The highest BCUT2D eigenvalue weighted by molar-refractivity contribution is 8.01. The predicted molar refractivity (Wildman–Crippen MR) is 80.4 cm³/mol. The summed E-state index contributed by atoms with van der Waals surface area (Å²) in [4.78, 5) is 22.3. The van der Waals surface area contributed by atoms with Gasteiger partial charge in [-0.25, -0.2) is 0 Å². The minimum Gasteiger partial charge on any atom is -0.484 e. The van der Waals surface area contributed by atoms with Gasteiger partial charge in [-0.2, -0.15) is 0 Å². The van der Waals surface area contributed by atoms with Crippen LogP contribution in [0, 0.1) is 0 Å². The first-order valence-electron chi connectivity index (χ1n) is 5.86. The molecule has 0 atom stereocenters. The molecule has 0 radical (unpaired) electrons. The highest BCUT2D eigenvalue weighted by Gasteiger charge is 2.10. The molecule has 9 heteroatoms. The van der Waals surface area contributed by atoms with Gasteiger partial charge in [-0.15, -0.1) is 10.2 Å². The number of ether oxygens (including phenoxy) is 1. The van der Waals surface area contributed by atoms with Crippen LogP contribution < -0.4 is 15.8 Å². The van der Waals surface area contributed by atoms with Gasteiger partial charge in [0.2, 0.25) is 11.0 Å². The number of anilines is 1. The summed E-state index contributed by atoms with van der Waals surface area (Å²) >= 11 is 2.34. The Balaban J connectivity index is 1.78. The second kappa shape index (κ2) is 7.60. The van der Waals surface area contributed by atoms with Crippen molar-refractivity contribution in [1.82, 2.24) is 10.2 Å². The van der Waals surface area contributed by atoms with Crippen LogP contribution in [0.1, 0.15) is 0 Å². The monoisotopic (exact) mass is 324 g/mol. The van der Waals surface area contributed by atoms with Crippen LogP contribution in [0.3, 0.4) is 0 Å². The van der Waals surface area contributed by atoms with Crippen molar-refractivity contribution in [2.75, 3.05) is 17.7 Å². The van der Waals surface area contributed by atoms with E-state index in [4.69, 9.17) is 10.5 Å². The standard InChI is InChI=1S/C12H12N4O3S2/c13-9(17)7-20-12-16-15-11(21-12)14-10(18)6-19-8-4-2-1-3-5-8/h1-5H,6-7H2,(H2,13,17)(H,14,15,18). The van der Waals surface area contributed by atoms with Gasteiger partial charge < -0.3 is 10.5 Å². The third-order valence-electron chi connectivity index (χ3n) is 2.10. The molecule has 1 heterocycles. The van der Waals surface area contributed by atoms with Gasteiger partial charge in [-0.3, -0.25) is 14.9 Å². The highest BCUT2D eigenvalue weighted by Crippen LogP contribution is 2.24. The Hall–Kier alpha value is -2.13. The predicted octanol–water partition coefficient (Wildman–Crippen LogP) is 1.13. The lowest BCUT2D eigenvalue weighted by atomic mass is 10.3. The number of nitrogens with zero attached hydrogens (tertiary/aromatic N) is 2. The van der Waals surface area contributed by atoms with Crippen molar-refractivity contribution in [1.29, 1.82) is 0 Å². The zero-order chi connectivity index (χ0) is 15.1. The Morgan fingerprint density at radius 1 is 1.29 bits per heavy atom. The fourth-order valence-electron chi connectivity index (χ4n) is 1.27. The molecule has 1 aromatic carbocycles. The number of amides is 2. The van der Waals surface area contributed by atoms with Crippen molar-refractivity contribution in [3.8, 4) is 5.75 Å². The number of carbonyl (C=O) groups is 2. The molecule has 0 aliphatic heterocycles. The molecule has 21 heavy (non-hydrogen) atoms. The Kier molecular flexibility index (Phi) is 5.52. The number of benzene rings is 1. The van der Waals surface area contributed by atoms with Crippen LogP contribution >= 0.6 is 23.1 Å². The zero-order valence-electron chi connectivity index (χ0n) is 10.8. The summed E-state index contributed by atoms with van der Waals surface area (Å²) in [6.45, 7) is -0.118. The molecule has 0 unspecified atom stereocenters. The van der Waals surface area contributed by atoms with E-state index < -0.39 is 5.91 Å². The van der Waals surface area contributed by atoms with Crippen LogP contribution in [-0.4, -0.2) is 34.4 Å². The summed E-state index contributed by atoms with van der Waals surface area (Å²) in [5.74, 6) is -0.0270. The lowest BCUT2D eigenvalue weighted by Gasteiger charge is -2.04. The summed E-state index contributed by atoms with van der Waals surface area (Å²) in [7, 11) is 0. The summed E-state index contributed by atoms with van der Waals surface area (Å²) in [6.07, 6.45) is 0. The Labute approximate surface area is 128 Å². The second-order valence-electron chi connectivity index (χ2n) is 3.78. The maximum Gasteiger partial charge on any atom is 0.264 e. The van der Waals surface area contributed by atoms with E-state index in [-0.39, 0.29) is 18.3 Å². The second-order valence-corrected chi connectivity index (χ2v) is 5.98. The van der Waals surface area contributed by atoms with Gasteiger partial charge in [0.05, 0.1) is 5.75 Å².